The van der Waals surface area contributed by atoms with Crippen LogP contribution in [0.5, 0.6) is 0 Å². The summed E-state index contributed by atoms with van der Waals surface area (Å²) < 4.78 is 0. The van der Waals surface area contributed by atoms with Crippen molar-refractivity contribution < 1.29 is 0 Å². The Labute approximate surface area is 47.8 Å². The highest BCUT2D eigenvalue weighted by Crippen LogP contribution is 2.09. The van der Waals surface area contributed by atoms with Crippen LogP contribution in [0.1, 0.15) is 0 Å². The van der Waals surface area contributed by atoms with Crippen LogP contribution in [0.25, 0.3) is 0 Å². The summed E-state index contributed by atoms with van der Waals surface area (Å²) in [6.45, 7) is -0.121. The second-order valence-electron chi connectivity index (χ2n) is 1.27. The maximum absolute atomic E-state index is 5.50. The van der Waals surface area contributed by atoms with Gasteiger partial charge in [0.1, 0.15) is 0 Å². The van der Waals surface area contributed by atoms with E-state index < -0.39 is 6.69 Å². The third-order valence-corrected chi connectivity index (χ3v) is 2.00. The molecule has 0 saturated heterocycles. The largest absolute Gasteiger partial charge is 0.331 e. The molecule has 0 aliphatic carbocycles. The van der Waals surface area contributed by atoms with Gasteiger partial charge in [-0.05, 0) is 6.55 Å². The van der Waals surface area contributed by atoms with E-state index in [2.05, 4.69) is 0 Å². The summed E-state index contributed by atoms with van der Waals surface area (Å²) in [6, 6.07) is 0. The third-order valence-electron chi connectivity index (χ3n) is 0.358. The Morgan fingerprint density at radius 3 is 1.83 bits per heavy atom. The van der Waals surface area contributed by atoms with E-state index in [1.165, 1.54) is 0 Å². The summed E-state index contributed by atoms with van der Waals surface area (Å²) in [5.41, 5.74) is 5.10. The molecule has 6 heavy (non-hydrogen) atoms. The molecule has 0 spiro atoms. The SMILES string of the molecule is C[Si](Cl)(Cl)CN. The lowest BCUT2D eigenvalue weighted by Gasteiger charge is -2.01. The fourth-order valence-electron chi connectivity index (χ4n) is 0. The second kappa shape index (κ2) is 2.16. The zero-order valence-electron chi connectivity index (χ0n) is 3.54. The average molecular weight is 144 g/mol. The molecule has 0 atom stereocenters. The van der Waals surface area contributed by atoms with Crippen LogP contribution in [0.15, 0.2) is 0 Å². The van der Waals surface area contributed by atoms with Crippen LogP contribution in [-0.2, 0) is 0 Å². The molecule has 0 bridgehead atoms. The summed E-state index contributed by atoms with van der Waals surface area (Å²) in [5.74, 6) is 0. The van der Waals surface area contributed by atoms with Gasteiger partial charge in [0.2, 0.25) is 0 Å². The third kappa shape index (κ3) is 4.76. The molecular weight excluding hydrogens is 137 g/mol. The Kier molecular flexibility index (Phi) is 2.44. The van der Waals surface area contributed by atoms with Crippen LogP contribution in [0.3, 0.4) is 0 Å². The van der Waals surface area contributed by atoms with Gasteiger partial charge < -0.3 is 5.73 Å². The molecule has 1 nitrogen and oxygen atoms in total. The normalized spacial score (nSPS) is 12.0. The van der Waals surface area contributed by atoms with Gasteiger partial charge in [0.05, 0.1) is 0 Å². The van der Waals surface area contributed by atoms with Crippen LogP contribution in [0, 0.1) is 0 Å². The zero-order chi connectivity index (χ0) is 5.21. The second-order valence-corrected chi connectivity index (χ2v) is 9.41. The monoisotopic (exact) mass is 143 g/mol. The van der Waals surface area contributed by atoms with Gasteiger partial charge in [-0.2, -0.15) is 0 Å². The molecule has 0 aromatic heterocycles. The first-order valence-electron chi connectivity index (χ1n) is 1.64. The zero-order valence-corrected chi connectivity index (χ0v) is 6.05. The molecule has 0 aromatic rings. The molecule has 0 radical (unpaired) electrons. The highest BCUT2D eigenvalue weighted by molar-refractivity contribution is 7.45. The Bertz CT molecular complexity index is 41.3. The summed E-state index contributed by atoms with van der Waals surface area (Å²) in [4.78, 5) is 0. The number of nitrogens with two attached hydrogens (primary N) is 1. The van der Waals surface area contributed by atoms with Crippen molar-refractivity contribution in [3.8, 4) is 0 Å². The Hall–Kier alpha value is 0.757. The smallest absolute Gasteiger partial charge is 0.261 e. The van der Waals surface area contributed by atoms with Crippen LogP contribution in [0.4, 0.5) is 0 Å². The first-order valence-corrected chi connectivity index (χ1v) is 6.37. The molecule has 0 aromatic carbocycles. The maximum atomic E-state index is 5.50. The topological polar surface area (TPSA) is 26.0 Å². The van der Waals surface area contributed by atoms with Crippen LogP contribution in [-0.4, -0.2) is 12.9 Å². The minimum absolute atomic E-state index is 0.441. The molecular formula is C2H7Cl2NSi. The Morgan fingerprint density at radius 1 is 1.67 bits per heavy atom. The van der Waals surface area contributed by atoms with Crippen molar-refractivity contribution in [1.29, 1.82) is 0 Å². The Balaban J connectivity index is 3.17. The molecule has 0 saturated carbocycles. The summed E-state index contributed by atoms with van der Waals surface area (Å²) in [6.07, 6.45) is 0.441. The molecule has 0 unspecified atom stereocenters. The van der Waals surface area contributed by atoms with E-state index in [0.717, 1.165) is 0 Å². The van der Waals surface area contributed by atoms with Gasteiger partial charge in [-0.3, -0.25) is 0 Å². The van der Waals surface area contributed by atoms with E-state index in [-0.39, 0.29) is 0 Å². The molecule has 0 fully saturated rings. The van der Waals surface area contributed by atoms with Crippen molar-refractivity contribution in [3.63, 3.8) is 0 Å². The Morgan fingerprint density at radius 2 is 1.83 bits per heavy atom. The van der Waals surface area contributed by atoms with Crippen molar-refractivity contribution in [1.82, 2.24) is 0 Å². The highest BCUT2D eigenvalue weighted by atomic mass is 35.7. The molecule has 4 heteroatoms. The summed E-state index contributed by atoms with van der Waals surface area (Å²) in [7, 11) is 0. The number of hydrogen-bond donors (Lipinski definition) is 1. The van der Waals surface area contributed by atoms with Gasteiger partial charge >= 0.3 is 0 Å². The van der Waals surface area contributed by atoms with Gasteiger partial charge in [0.25, 0.3) is 6.69 Å². The molecule has 0 aliphatic rings. The van der Waals surface area contributed by atoms with Gasteiger partial charge in [-0.15, -0.1) is 22.2 Å². The van der Waals surface area contributed by atoms with Gasteiger partial charge in [0.15, 0.2) is 0 Å². The first kappa shape index (κ1) is 6.76. The fourth-order valence-corrected chi connectivity index (χ4v) is 0. The standard InChI is InChI=1S/C2H7Cl2NSi/c1-6(3,4)2-5/h2,5H2,1H3. The predicted molar refractivity (Wildman–Crippen MR) is 32.4 cm³/mol. The summed E-state index contributed by atoms with van der Waals surface area (Å²) in [5, 5.41) is 0. The van der Waals surface area contributed by atoms with Crippen LogP contribution < -0.4 is 5.73 Å². The van der Waals surface area contributed by atoms with Gasteiger partial charge in [-0.1, -0.05) is 0 Å². The van der Waals surface area contributed by atoms with E-state index in [4.69, 9.17) is 27.9 Å². The van der Waals surface area contributed by atoms with Crippen molar-refractivity contribution in [2.45, 2.75) is 6.55 Å². The van der Waals surface area contributed by atoms with Crippen molar-refractivity contribution in [2.75, 3.05) is 6.17 Å². The van der Waals surface area contributed by atoms with E-state index in [9.17, 15) is 0 Å². The number of rotatable bonds is 1. The first-order chi connectivity index (χ1) is 2.56. The van der Waals surface area contributed by atoms with Crippen LogP contribution >= 0.6 is 22.2 Å². The molecule has 38 valence electrons. The average Bonchev–Trinajstić information content (AvgIpc) is 1.35. The minimum Gasteiger partial charge on any atom is -0.331 e. The number of hydrogen-bond acceptors (Lipinski definition) is 1. The minimum atomic E-state index is -1.91. The predicted octanol–water partition coefficient (Wildman–Crippen LogP) is 1.03. The molecule has 0 heterocycles. The lowest BCUT2D eigenvalue weighted by atomic mass is 11.5. The van der Waals surface area contributed by atoms with E-state index in [0.29, 0.717) is 6.17 Å². The van der Waals surface area contributed by atoms with Gasteiger partial charge in [0, 0.05) is 6.17 Å². The lowest BCUT2D eigenvalue weighted by molar-refractivity contribution is 1.35. The number of halogens is 2. The maximum Gasteiger partial charge on any atom is 0.261 e. The molecule has 0 aliphatic heterocycles. The van der Waals surface area contributed by atoms with E-state index >= 15 is 0 Å². The quantitative estimate of drug-likeness (QED) is 0.431. The lowest BCUT2D eigenvalue weighted by Crippen LogP contribution is -2.26. The van der Waals surface area contributed by atoms with Gasteiger partial charge in [-0.25, -0.2) is 0 Å². The van der Waals surface area contributed by atoms with E-state index in [1.807, 2.05) is 0 Å². The van der Waals surface area contributed by atoms with Crippen LogP contribution in [0.2, 0.25) is 6.55 Å². The van der Waals surface area contributed by atoms with Crippen molar-refractivity contribution >= 4 is 28.9 Å². The van der Waals surface area contributed by atoms with Crippen molar-refractivity contribution in [3.05, 3.63) is 0 Å². The highest BCUT2D eigenvalue weighted by Gasteiger charge is 2.16. The molecule has 0 rings (SSSR count). The molecule has 0 amide bonds. The van der Waals surface area contributed by atoms with E-state index in [1.54, 1.807) is 6.55 Å². The fraction of sp³-hybridized carbons (Fsp3) is 1.00. The molecule has 2 N–H and O–H groups in total. The van der Waals surface area contributed by atoms with Crippen molar-refractivity contribution in [2.24, 2.45) is 5.73 Å². The summed E-state index contributed by atoms with van der Waals surface area (Å²) >= 11 is 11.0.